The molecule has 0 bridgehead atoms. The minimum Gasteiger partial charge on any atom is -0.464 e. The Balaban J connectivity index is 2.25. The molecule has 0 aliphatic carbocycles. The molecule has 0 aliphatic rings. The molecule has 0 radical (unpaired) electrons. The molecule has 9 heteroatoms. The van der Waals surface area contributed by atoms with Gasteiger partial charge in [0, 0.05) is 19.7 Å². The first-order valence-electron chi connectivity index (χ1n) is 10.9. The highest BCUT2D eigenvalue weighted by Gasteiger charge is 2.26. The number of hydrogen-bond acceptors (Lipinski definition) is 7. The summed E-state index contributed by atoms with van der Waals surface area (Å²) in [5, 5.41) is 2.60. The molecule has 2 aromatic heterocycles. The maximum Gasteiger partial charge on any atom is 0.408 e. The average Bonchev–Trinajstić information content (AvgIpc) is 2.69. The number of aromatic nitrogens is 3. The van der Waals surface area contributed by atoms with Crippen LogP contribution in [0.3, 0.4) is 0 Å². The van der Waals surface area contributed by atoms with E-state index in [1.807, 2.05) is 13.8 Å². The van der Waals surface area contributed by atoms with Crippen LogP contribution in [0.5, 0.6) is 0 Å². The summed E-state index contributed by atoms with van der Waals surface area (Å²) in [6, 6.07) is 2.53. The number of carbonyl (C=O) groups excluding carboxylic acids is 2. The van der Waals surface area contributed by atoms with Crippen molar-refractivity contribution in [3.8, 4) is 11.3 Å². The molecule has 2 aromatic rings. The first kappa shape index (κ1) is 26.0. The summed E-state index contributed by atoms with van der Waals surface area (Å²) in [4.78, 5) is 46.4. The standard InChI is InChI=1S/C24H34N4O5/c1-14(2)13-32-22(30)19(27-23(31)33-24(5,6)7)11-17-9-10-18(25-12-17)20-15(3)26-16(4)28(8)21(20)29/h9-10,12,14,19H,11,13H2,1-8H3,(H,27,31)/t19-/m0/s1. The van der Waals surface area contributed by atoms with E-state index in [4.69, 9.17) is 9.47 Å². The van der Waals surface area contributed by atoms with Crippen molar-refractivity contribution in [2.75, 3.05) is 6.61 Å². The van der Waals surface area contributed by atoms with E-state index in [1.165, 1.54) is 4.57 Å². The molecule has 0 aliphatic heterocycles. The third kappa shape index (κ3) is 7.40. The van der Waals surface area contributed by atoms with Gasteiger partial charge in [-0.05, 0) is 52.2 Å². The molecule has 1 N–H and O–H groups in total. The summed E-state index contributed by atoms with van der Waals surface area (Å²) in [5.74, 6) is 0.228. The first-order chi connectivity index (χ1) is 15.3. The predicted molar refractivity (Wildman–Crippen MR) is 125 cm³/mol. The van der Waals surface area contributed by atoms with Gasteiger partial charge in [0.05, 0.1) is 23.6 Å². The van der Waals surface area contributed by atoms with Gasteiger partial charge in [0.25, 0.3) is 5.56 Å². The molecule has 9 nitrogen and oxygen atoms in total. The number of rotatable bonds is 7. The summed E-state index contributed by atoms with van der Waals surface area (Å²) in [7, 11) is 1.66. The van der Waals surface area contributed by atoms with Gasteiger partial charge >= 0.3 is 12.1 Å². The van der Waals surface area contributed by atoms with Crippen LogP contribution in [0, 0.1) is 19.8 Å². The quantitative estimate of drug-likeness (QED) is 0.635. The normalized spacial score (nSPS) is 12.4. The second-order valence-corrected chi connectivity index (χ2v) is 9.46. The van der Waals surface area contributed by atoms with E-state index in [0.717, 1.165) is 0 Å². The zero-order valence-electron chi connectivity index (χ0n) is 20.7. The predicted octanol–water partition coefficient (Wildman–Crippen LogP) is 3.09. The Morgan fingerprint density at radius 1 is 1.18 bits per heavy atom. The Kier molecular flexibility index (Phi) is 8.35. The van der Waals surface area contributed by atoms with Gasteiger partial charge in [0.2, 0.25) is 0 Å². The second kappa shape index (κ2) is 10.6. The molecule has 0 unspecified atom stereocenters. The van der Waals surface area contributed by atoms with Crippen molar-refractivity contribution in [3.05, 3.63) is 45.8 Å². The molecule has 0 saturated carbocycles. The smallest absolute Gasteiger partial charge is 0.408 e. The van der Waals surface area contributed by atoms with Crippen LogP contribution in [0.4, 0.5) is 4.79 Å². The van der Waals surface area contributed by atoms with Crippen molar-refractivity contribution in [3.63, 3.8) is 0 Å². The molecule has 0 aromatic carbocycles. The highest BCUT2D eigenvalue weighted by atomic mass is 16.6. The molecular formula is C24H34N4O5. The van der Waals surface area contributed by atoms with E-state index in [1.54, 1.807) is 60.0 Å². The lowest BCUT2D eigenvalue weighted by molar-refractivity contribution is -0.147. The van der Waals surface area contributed by atoms with Crippen LogP contribution in [0.2, 0.25) is 0 Å². The summed E-state index contributed by atoms with van der Waals surface area (Å²) in [6.45, 7) is 12.9. The summed E-state index contributed by atoms with van der Waals surface area (Å²) in [6.07, 6.45) is 1.03. The fraction of sp³-hybridized carbons (Fsp3) is 0.542. The highest BCUT2D eigenvalue weighted by Crippen LogP contribution is 2.17. The molecule has 0 fully saturated rings. The minimum absolute atomic E-state index is 0.158. The lowest BCUT2D eigenvalue weighted by Crippen LogP contribution is -2.45. The number of alkyl carbamates (subject to hydrolysis) is 1. The van der Waals surface area contributed by atoms with Crippen LogP contribution in [-0.4, -0.2) is 44.8 Å². The summed E-state index contributed by atoms with van der Waals surface area (Å²) < 4.78 is 12.1. The number of aryl methyl sites for hydroxylation is 2. The number of hydrogen-bond donors (Lipinski definition) is 1. The van der Waals surface area contributed by atoms with E-state index >= 15 is 0 Å². The maximum atomic E-state index is 12.7. The first-order valence-corrected chi connectivity index (χ1v) is 10.9. The van der Waals surface area contributed by atoms with E-state index < -0.39 is 23.7 Å². The van der Waals surface area contributed by atoms with Gasteiger partial charge in [-0.3, -0.25) is 14.3 Å². The number of nitrogens with zero attached hydrogens (tertiary/aromatic N) is 3. The van der Waals surface area contributed by atoms with Crippen molar-refractivity contribution in [2.24, 2.45) is 13.0 Å². The number of carbonyl (C=O) groups is 2. The monoisotopic (exact) mass is 458 g/mol. The zero-order chi connectivity index (χ0) is 24.9. The Bertz CT molecular complexity index is 1050. The van der Waals surface area contributed by atoms with Gasteiger partial charge in [-0.25, -0.2) is 14.6 Å². The van der Waals surface area contributed by atoms with Crippen LogP contribution in [0.15, 0.2) is 23.1 Å². The average molecular weight is 459 g/mol. The molecule has 2 heterocycles. The Morgan fingerprint density at radius 2 is 1.85 bits per heavy atom. The third-order valence-corrected chi connectivity index (χ3v) is 4.75. The van der Waals surface area contributed by atoms with Gasteiger partial charge in [-0.2, -0.15) is 0 Å². The molecule has 2 rings (SSSR count). The number of esters is 1. The fourth-order valence-corrected chi connectivity index (χ4v) is 3.06. The number of amides is 1. The zero-order valence-corrected chi connectivity index (χ0v) is 20.7. The second-order valence-electron chi connectivity index (χ2n) is 9.46. The van der Waals surface area contributed by atoms with Gasteiger partial charge in [0.15, 0.2) is 0 Å². The molecule has 180 valence electrons. The fourth-order valence-electron chi connectivity index (χ4n) is 3.06. The van der Waals surface area contributed by atoms with Crippen molar-refractivity contribution in [2.45, 2.75) is 66.5 Å². The number of pyridine rings is 1. The van der Waals surface area contributed by atoms with Crippen LogP contribution in [0.1, 0.15) is 51.7 Å². The maximum absolute atomic E-state index is 12.7. The molecule has 0 spiro atoms. The number of ether oxygens (including phenoxy) is 2. The highest BCUT2D eigenvalue weighted by molar-refractivity contribution is 5.81. The third-order valence-electron chi connectivity index (χ3n) is 4.75. The minimum atomic E-state index is -0.943. The summed E-state index contributed by atoms with van der Waals surface area (Å²) >= 11 is 0. The van der Waals surface area contributed by atoms with Crippen LogP contribution in [-0.2, 0) is 27.7 Å². The van der Waals surface area contributed by atoms with Gasteiger partial charge in [-0.1, -0.05) is 19.9 Å². The Morgan fingerprint density at radius 3 is 2.39 bits per heavy atom. The SMILES string of the molecule is Cc1nc(C)n(C)c(=O)c1-c1ccc(C[C@H](NC(=O)OC(C)(C)C)C(=O)OCC(C)C)cn1. The van der Waals surface area contributed by atoms with Crippen LogP contribution >= 0.6 is 0 Å². The topological polar surface area (TPSA) is 112 Å². The van der Waals surface area contributed by atoms with Crippen LogP contribution < -0.4 is 10.9 Å². The number of nitrogens with one attached hydrogen (secondary N) is 1. The van der Waals surface area contributed by atoms with E-state index in [-0.39, 0.29) is 24.5 Å². The van der Waals surface area contributed by atoms with Crippen molar-refractivity contribution in [1.29, 1.82) is 0 Å². The largest absolute Gasteiger partial charge is 0.464 e. The van der Waals surface area contributed by atoms with Gasteiger partial charge in [0.1, 0.15) is 17.5 Å². The molecule has 1 amide bonds. The Hall–Kier alpha value is -3.23. The molecular weight excluding hydrogens is 424 g/mol. The van der Waals surface area contributed by atoms with E-state index in [0.29, 0.717) is 28.3 Å². The van der Waals surface area contributed by atoms with Crippen molar-refractivity contribution in [1.82, 2.24) is 19.9 Å². The summed E-state index contributed by atoms with van der Waals surface area (Å²) in [5.41, 5.74) is 1.32. The van der Waals surface area contributed by atoms with Crippen LogP contribution in [0.25, 0.3) is 11.3 Å². The lowest BCUT2D eigenvalue weighted by atomic mass is 10.1. The molecule has 1 atom stereocenters. The van der Waals surface area contributed by atoms with Gasteiger partial charge in [-0.15, -0.1) is 0 Å². The molecule has 0 saturated heterocycles. The molecule has 33 heavy (non-hydrogen) atoms. The van der Waals surface area contributed by atoms with Crippen molar-refractivity contribution >= 4 is 12.1 Å². The lowest BCUT2D eigenvalue weighted by Gasteiger charge is -2.23. The van der Waals surface area contributed by atoms with E-state index in [2.05, 4.69) is 15.3 Å². The Labute approximate surface area is 194 Å². The van der Waals surface area contributed by atoms with E-state index in [9.17, 15) is 14.4 Å². The van der Waals surface area contributed by atoms with Gasteiger partial charge < -0.3 is 14.8 Å². The van der Waals surface area contributed by atoms with Crippen molar-refractivity contribution < 1.29 is 19.1 Å².